The maximum absolute atomic E-state index is 4.32. The number of aromatic nitrogens is 2. The van der Waals surface area contributed by atoms with E-state index >= 15 is 0 Å². The summed E-state index contributed by atoms with van der Waals surface area (Å²) >= 11 is 0. The topological polar surface area (TPSA) is 41.9 Å². The Morgan fingerprint density at radius 1 is 1.59 bits per heavy atom. The van der Waals surface area contributed by atoms with Crippen LogP contribution in [0, 0.1) is 12.8 Å². The van der Waals surface area contributed by atoms with Gasteiger partial charge in [-0.1, -0.05) is 0 Å². The van der Waals surface area contributed by atoms with Gasteiger partial charge in [0.2, 0.25) is 0 Å². The molecule has 96 valence electrons. The fourth-order valence-electron chi connectivity index (χ4n) is 2.55. The van der Waals surface area contributed by atoms with Gasteiger partial charge in [-0.3, -0.25) is 4.68 Å². The van der Waals surface area contributed by atoms with E-state index in [0.29, 0.717) is 0 Å². The Morgan fingerprint density at radius 3 is 3.12 bits per heavy atom. The molecule has 1 aromatic rings. The van der Waals surface area contributed by atoms with Gasteiger partial charge in [0.05, 0.1) is 5.69 Å². The molecule has 1 unspecified atom stereocenters. The highest BCUT2D eigenvalue weighted by atomic mass is 15.3. The fourth-order valence-corrected chi connectivity index (χ4v) is 2.55. The summed E-state index contributed by atoms with van der Waals surface area (Å²) in [5, 5.41) is 11.2. The molecule has 17 heavy (non-hydrogen) atoms. The van der Waals surface area contributed by atoms with Crippen molar-refractivity contribution < 1.29 is 0 Å². The molecule has 0 radical (unpaired) electrons. The smallest absolute Gasteiger partial charge is 0.124 e. The summed E-state index contributed by atoms with van der Waals surface area (Å²) in [6.07, 6.45) is 5.32. The van der Waals surface area contributed by atoms with E-state index in [2.05, 4.69) is 21.8 Å². The average molecular weight is 236 g/mol. The van der Waals surface area contributed by atoms with Gasteiger partial charge in [-0.05, 0) is 51.6 Å². The van der Waals surface area contributed by atoms with Crippen molar-refractivity contribution in [2.24, 2.45) is 13.0 Å². The van der Waals surface area contributed by atoms with Crippen LogP contribution < -0.4 is 10.6 Å². The Labute approximate surface area is 104 Å². The Kier molecular flexibility index (Phi) is 4.42. The van der Waals surface area contributed by atoms with Gasteiger partial charge < -0.3 is 10.6 Å². The van der Waals surface area contributed by atoms with E-state index in [9.17, 15) is 0 Å². The van der Waals surface area contributed by atoms with Crippen LogP contribution in [-0.4, -0.2) is 29.4 Å². The van der Waals surface area contributed by atoms with E-state index in [1.165, 1.54) is 38.8 Å². The summed E-state index contributed by atoms with van der Waals surface area (Å²) in [6.45, 7) is 5.50. The zero-order valence-electron chi connectivity index (χ0n) is 11.0. The lowest BCUT2D eigenvalue weighted by Crippen LogP contribution is -2.29. The highest BCUT2D eigenvalue weighted by Crippen LogP contribution is 2.16. The van der Waals surface area contributed by atoms with Gasteiger partial charge in [0, 0.05) is 19.7 Å². The lowest BCUT2D eigenvalue weighted by Gasteiger charge is -2.22. The molecule has 4 nitrogen and oxygen atoms in total. The Bertz CT molecular complexity index is 339. The number of rotatable bonds is 5. The minimum Gasteiger partial charge on any atom is -0.370 e. The predicted molar refractivity (Wildman–Crippen MR) is 71.3 cm³/mol. The number of anilines is 1. The highest BCUT2D eigenvalue weighted by molar-refractivity contribution is 5.36. The van der Waals surface area contributed by atoms with Gasteiger partial charge >= 0.3 is 0 Å². The molecule has 0 bridgehead atoms. The van der Waals surface area contributed by atoms with E-state index in [1.807, 2.05) is 18.7 Å². The maximum Gasteiger partial charge on any atom is 0.124 e. The largest absolute Gasteiger partial charge is 0.370 e. The summed E-state index contributed by atoms with van der Waals surface area (Å²) in [5.74, 6) is 2.02. The first kappa shape index (κ1) is 12.4. The van der Waals surface area contributed by atoms with Crippen LogP contribution in [0.3, 0.4) is 0 Å². The number of piperidine rings is 1. The third kappa shape index (κ3) is 3.73. The second kappa shape index (κ2) is 6.05. The third-order valence-electron chi connectivity index (χ3n) is 3.50. The van der Waals surface area contributed by atoms with Crippen LogP contribution in [0.2, 0.25) is 0 Å². The van der Waals surface area contributed by atoms with Crippen LogP contribution in [0.5, 0.6) is 0 Å². The molecule has 1 aliphatic heterocycles. The number of hydrogen-bond acceptors (Lipinski definition) is 3. The lowest BCUT2D eigenvalue weighted by atomic mass is 9.95. The molecule has 1 fully saturated rings. The van der Waals surface area contributed by atoms with E-state index in [4.69, 9.17) is 0 Å². The highest BCUT2D eigenvalue weighted by Gasteiger charge is 2.12. The second-order valence-electron chi connectivity index (χ2n) is 5.08. The van der Waals surface area contributed by atoms with Crippen LogP contribution in [-0.2, 0) is 7.05 Å². The minimum atomic E-state index is 0.888. The quantitative estimate of drug-likeness (QED) is 0.768. The maximum atomic E-state index is 4.32. The third-order valence-corrected chi connectivity index (χ3v) is 3.50. The minimum absolute atomic E-state index is 0.888. The number of nitrogens with one attached hydrogen (secondary N) is 2. The van der Waals surface area contributed by atoms with E-state index in [1.54, 1.807) is 0 Å². The number of hydrogen-bond donors (Lipinski definition) is 2. The van der Waals surface area contributed by atoms with Crippen molar-refractivity contribution in [2.75, 3.05) is 25.0 Å². The van der Waals surface area contributed by atoms with Crippen LogP contribution in [0.15, 0.2) is 6.07 Å². The van der Waals surface area contributed by atoms with Crippen molar-refractivity contribution in [3.05, 3.63) is 11.8 Å². The summed E-state index contributed by atoms with van der Waals surface area (Å²) in [7, 11) is 1.99. The first-order valence-corrected chi connectivity index (χ1v) is 6.71. The van der Waals surface area contributed by atoms with E-state index < -0.39 is 0 Å². The lowest BCUT2D eigenvalue weighted by molar-refractivity contribution is 0.353. The van der Waals surface area contributed by atoms with Crippen molar-refractivity contribution >= 4 is 5.82 Å². The van der Waals surface area contributed by atoms with Gasteiger partial charge in [0.25, 0.3) is 0 Å². The molecular formula is C13H24N4. The SMILES string of the molecule is Cc1cc(NCCCC2CCCNC2)n(C)n1. The molecule has 0 spiro atoms. The van der Waals surface area contributed by atoms with Gasteiger partial charge in [-0.2, -0.15) is 5.10 Å². The Hall–Kier alpha value is -1.03. The molecule has 1 atom stereocenters. The van der Waals surface area contributed by atoms with Crippen molar-refractivity contribution in [1.29, 1.82) is 0 Å². The summed E-state index contributed by atoms with van der Waals surface area (Å²) in [6, 6.07) is 2.10. The van der Waals surface area contributed by atoms with Crippen LogP contribution >= 0.6 is 0 Å². The van der Waals surface area contributed by atoms with Gasteiger partial charge in [0.15, 0.2) is 0 Å². The summed E-state index contributed by atoms with van der Waals surface area (Å²) in [5.41, 5.74) is 1.08. The fraction of sp³-hybridized carbons (Fsp3) is 0.769. The van der Waals surface area contributed by atoms with Crippen LogP contribution in [0.4, 0.5) is 5.82 Å². The molecular weight excluding hydrogens is 212 g/mol. The first-order chi connectivity index (χ1) is 8.25. The molecule has 2 N–H and O–H groups in total. The molecule has 0 aliphatic carbocycles. The molecule has 0 amide bonds. The molecule has 1 aliphatic rings. The molecule has 2 heterocycles. The zero-order chi connectivity index (χ0) is 12.1. The normalized spacial score (nSPS) is 20.5. The first-order valence-electron chi connectivity index (χ1n) is 6.71. The number of nitrogens with zero attached hydrogens (tertiary/aromatic N) is 2. The molecule has 1 aromatic heterocycles. The molecule has 1 saturated heterocycles. The van der Waals surface area contributed by atoms with Gasteiger partial charge in [-0.15, -0.1) is 0 Å². The average Bonchev–Trinajstić information content (AvgIpc) is 2.65. The standard InChI is InChI=1S/C13H24N4/c1-11-9-13(17(2)16-11)15-8-4-6-12-5-3-7-14-10-12/h9,12,14-15H,3-8,10H2,1-2H3. The van der Waals surface area contributed by atoms with E-state index in [0.717, 1.165) is 24.0 Å². The van der Waals surface area contributed by atoms with Crippen molar-refractivity contribution in [3.63, 3.8) is 0 Å². The molecule has 4 heteroatoms. The summed E-state index contributed by atoms with van der Waals surface area (Å²) in [4.78, 5) is 0. The second-order valence-corrected chi connectivity index (χ2v) is 5.08. The Balaban J connectivity index is 1.64. The van der Waals surface area contributed by atoms with Gasteiger partial charge in [-0.25, -0.2) is 0 Å². The number of aryl methyl sites for hydroxylation is 2. The monoisotopic (exact) mass is 236 g/mol. The van der Waals surface area contributed by atoms with Crippen molar-refractivity contribution in [2.45, 2.75) is 32.6 Å². The molecule has 2 rings (SSSR count). The predicted octanol–water partition coefficient (Wildman–Crippen LogP) is 1.92. The van der Waals surface area contributed by atoms with Crippen molar-refractivity contribution in [3.8, 4) is 0 Å². The van der Waals surface area contributed by atoms with Crippen LogP contribution in [0.25, 0.3) is 0 Å². The molecule has 0 saturated carbocycles. The van der Waals surface area contributed by atoms with E-state index in [-0.39, 0.29) is 0 Å². The summed E-state index contributed by atoms with van der Waals surface area (Å²) < 4.78 is 1.91. The molecule has 0 aromatic carbocycles. The van der Waals surface area contributed by atoms with Crippen LogP contribution in [0.1, 0.15) is 31.4 Å². The Morgan fingerprint density at radius 2 is 2.47 bits per heavy atom. The van der Waals surface area contributed by atoms with Crippen molar-refractivity contribution in [1.82, 2.24) is 15.1 Å². The zero-order valence-corrected chi connectivity index (χ0v) is 11.0. The van der Waals surface area contributed by atoms with Gasteiger partial charge in [0.1, 0.15) is 5.82 Å².